The van der Waals surface area contributed by atoms with Crippen LogP contribution in [0.2, 0.25) is 0 Å². The summed E-state index contributed by atoms with van der Waals surface area (Å²) in [6.07, 6.45) is 12.1. The van der Waals surface area contributed by atoms with Crippen LogP contribution >= 0.6 is 0 Å². The standard InChI is InChI=1S/C16H19NO2/c1-3-5-9-12(8-4-2)17-15(18)13-10-6-7-11-14(13)16(17)19/h3-5,8-9,13-14H,1-2,6-7,10-11H2/b9-5-,12-8+. The van der Waals surface area contributed by atoms with Crippen molar-refractivity contribution in [3.8, 4) is 0 Å². The van der Waals surface area contributed by atoms with Gasteiger partial charge in [-0.2, -0.15) is 0 Å². The van der Waals surface area contributed by atoms with Gasteiger partial charge in [0.1, 0.15) is 0 Å². The Kier molecular flexibility index (Phi) is 4.15. The number of imide groups is 1. The van der Waals surface area contributed by atoms with Crippen LogP contribution in [0.3, 0.4) is 0 Å². The molecule has 2 rings (SSSR count). The van der Waals surface area contributed by atoms with Crippen LogP contribution in [0.15, 0.2) is 49.2 Å². The second-order valence-electron chi connectivity index (χ2n) is 4.93. The van der Waals surface area contributed by atoms with Crippen LogP contribution in [0.4, 0.5) is 0 Å². The second-order valence-corrected chi connectivity index (χ2v) is 4.93. The maximum atomic E-state index is 12.4. The van der Waals surface area contributed by atoms with Crippen molar-refractivity contribution < 1.29 is 9.59 Å². The molecule has 3 heteroatoms. The van der Waals surface area contributed by atoms with E-state index < -0.39 is 0 Å². The summed E-state index contributed by atoms with van der Waals surface area (Å²) in [5.41, 5.74) is 0.583. The summed E-state index contributed by atoms with van der Waals surface area (Å²) in [7, 11) is 0. The van der Waals surface area contributed by atoms with Crippen molar-refractivity contribution >= 4 is 11.8 Å². The molecule has 2 aliphatic rings. The number of hydrogen-bond acceptors (Lipinski definition) is 2. The highest BCUT2D eigenvalue weighted by molar-refractivity contribution is 6.07. The summed E-state index contributed by atoms with van der Waals surface area (Å²) in [5.74, 6) is -0.355. The van der Waals surface area contributed by atoms with Crippen LogP contribution in [0.25, 0.3) is 0 Å². The fourth-order valence-electron chi connectivity index (χ4n) is 2.91. The third-order valence-electron chi connectivity index (χ3n) is 3.79. The second kappa shape index (κ2) is 5.83. The highest BCUT2D eigenvalue weighted by atomic mass is 16.2. The molecular formula is C16H19NO2. The molecule has 19 heavy (non-hydrogen) atoms. The van der Waals surface area contributed by atoms with Gasteiger partial charge in [0.05, 0.1) is 17.5 Å². The Bertz CT molecular complexity index is 449. The molecule has 0 spiro atoms. The normalized spacial score (nSPS) is 27.8. The highest BCUT2D eigenvalue weighted by Crippen LogP contribution is 2.39. The lowest BCUT2D eigenvalue weighted by atomic mass is 9.81. The molecule has 1 saturated heterocycles. The summed E-state index contributed by atoms with van der Waals surface area (Å²) >= 11 is 0. The van der Waals surface area contributed by atoms with Crippen LogP contribution < -0.4 is 0 Å². The molecule has 1 heterocycles. The first-order valence-electron chi connectivity index (χ1n) is 6.70. The number of rotatable bonds is 4. The van der Waals surface area contributed by atoms with Crippen molar-refractivity contribution in [1.82, 2.24) is 4.90 Å². The summed E-state index contributed by atoms with van der Waals surface area (Å²) < 4.78 is 0. The number of nitrogens with zero attached hydrogens (tertiary/aromatic N) is 1. The van der Waals surface area contributed by atoms with Gasteiger partial charge in [0.2, 0.25) is 11.8 Å². The van der Waals surface area contributed by atoms with Gasteiger partial charge in [-0.3, -0.25) is 14.5 Å². The van der Waals surface area contributed by atoms with E-state index in [1.807, 2.05) is 0 Å². The maximum Gasteiger partial charge on any atom is 0.237 e. The first kappa shape index (κ1) is 13.5. The van der Waals surface area contributed by atoms with E-state index in [2.05, 4.69) is 13.2 Å². The van der Waals surface area contributed by atoms with Crippen molar-refractivity contribution in [2.45, 2.75) is 25.7 Å². The molecule has 2 unspecified atom stereocenters. The van der Waals surface area contributed by atoms with E-state index in [0.717, 1.165) is 25.7 Å². The number of amides is 2. The van der Waals surface area contributed by atoms with Crippen molar-refractivity contribution in [2.24, 2.45) is 11.8 Å². The van der Waals surface area contributed by atoms with Gasteiger partial charge in [0.25, 0.3) is 0 Å². The molecule has 1 aliphatic heterocycles. The molecule has 3 nitrogen and oxygen atoms in total. The third-order valence-corrected chi connectivity index (χ3v) is 3.79. The summed E-state index contributed by atoms with van der Waals surface area (Å²) in [6.45, 7) is 7.24. The topological polar surface area (TPSA) is 37.4 Å². The van der Waals surface area contributed by atoms with Crippen LogP contribution in [-0.2, 0) is 9.59 Å². The minimum Gasteiger partial charge on any atom is -0.274 e. The van der Waals surface area contributed by atoms with Gasteiger partial charge in [0, 0.05) is 0 Å². The fourth-order valence-corrected chi connectivity index (χ4v) is 2.91. The maximum absolute atomic E-state index is 12.4. The molecular weight excluding hydrogens is 238 g/mol. The molecule has 0 aromatic rings. The van der Waals surface area contributed by atoms with Gasteiger partial charge in [0.15, 0.2) is 0 Å². The molecule has 2 amide bonds. The molecule has 100 valence electrons. The molecule has 2 atom stereocenters. The van der Waals surface area contributed by atoms with Gasteiger partial charge in [-0.15, -0.1) is 0 Å². The van der Waals surface area contributed by atoms with E-state index in [1.54, 1.807) is 30.4 Å². The average molecular weight is 257 g/mol. The smallest absolute Gasteiger partial charge is 0.237 e. The summed E-state index contributed by atoms with van der Waals surface area (Å²) in [6, 6.07) is 0. The Balaban J connectivity index is 2.32. The van der Waals surface area contributed by atoms with E-state index in [4.69, 9.17) is 0 Å². The number of hydrogen-bond donors (Lipinski definition) is 0. The summed E-state index contributed by atoms with van der Waals surface area (Å²) in [5, 5.41) is 0. The lowest BCUT2D eigenvalue weighted by Gasteiger charge is -2.19. The van der Waals surface area contributed by atoms with Crippen molar-refractivity contribution in [2.75, 3.05) is 0 Å². The Morgan fingerprint density at radius 3 is 2.11 bits per heavy atom. The molecule has 2 fully saturated rings. The van der Waals surface area contributed by atoms with Crippen LogP contribution in [0.5, 0.6) is 0 Å². The molecule has 0 aromatic heterocycles. The van der Waals surface area contributed by atoms with Gasteiger partial charge in [-0.1, -0.05) is 44.2 Å². The van der Waals surface area contributed by atoms with Crippen LogP contribution in [0, 0.1) is 11.8 Å². The number of likely N-dealkylation sites (tertiary alicyclic amines) is 1. The molecule has 0 radical (unpaired) electrons. The van der Waals surface area contributed by atoms with Crippen molar-refractivity contribution in [3.05, 3.63) is 49.2 Å². The first-order chi connectivity index (χ1) is 9.20. The monoisotopic (exact) mass is 257 g/mol. The Morgan fingerprint density at radius 2 is 1.63 bits per heavy atom. The number of allylic oxidation sites excluding steroid dienone is 5. The SMILES string of the molecule is C=C/C=C\C(=C/C=C)N1C(=O)C2CCCCC2C1=O. The zero-order valence-corrected chi connectivity index (χ0v) is 11.0. The zero-order valence-electron chi connectivity index (χ0n) is 11.0. The molecule has 1 aliphatic carbocycles. The van der Waals surface area contributed by atoms with E-state index >= 15 is 0 Å². The van der Waals surface area contributed by atoms with E-state index in [0.29, 0.717) is 5.70 Å². The number of carbonyl (C=O) groups is 2. The van der Waals surface area contributed by atoms with Crippen LogP contribution in [-0.4, -0.2) is 16.7 Å². The Morgan fingerprint density at radius 1 is 1.05 bits per heavy atom. The fraction of sp³-hybridized carbons (Fsp3) is 0.375. The first-order valence-corrected chi connectivity index (χ1v) is 6.70. The number of carbonyl (C=O) groups excluding carboxylic acids is 2. The third kappa shape index (κ3) is 2.46. The van der Waals surface area contributed by atoms with Crippen molar-refractivity contribution in [3.63, 3.8) is 0 Å². The van der Waals surface area contributed by atoms with E-state index in [9.17, 15) is 9.59 Å². The van der Waals surface area contributed by atoms with Gasteiger partial charge in [-0.25, -0.2) is 0 Å². The predicted molar refractivity (Wildman–Crippen MR) is 74.9 cm³/mol. The van der Waals surface area contributed by atoms with Gasteiger partial charge >= 0.3 is 0 Å². The molecule has 0 bridgehead atoms. The lowest BCUT2D eigenvalue weighted by molar-refractivity contribution is -0.137. The van der Waals surface area contributed by atoms with Crippen LogP contribution in [0.1, 0.15) is 25.7 Å². The van der Waals surface area contributed by atoms with E-state index in [1.165, 1.54) is 4.90 Å². The average Bonchev–Trinajstić information content (AvgIpc) is 2.68. The quantitative estimate of drug-likeness (QED) is 0.573. The minimum atomic E-state index is -0.119. The number of fused-ring (bicyclic) bond motifs is 1. The molecule has 1 saturated carbocycles. The zero-order chi connectivity index (χ0) is 13.8. The minimum absolute atomic E-state index is 0.0588. The predicted octanol–water partition coefficient (Wildman–Crippen LogP) is 2.97. The lowest BCUT2D eigenvalue weighted by Crippen LogP contribution is -2.29. The van der Waals surface area contributed by atoms with Crippen molar-refractivity contribution in [1.29, 1.82) is 0 Å². The largest absolute Gasteiger partial charge is 0.274 e. The summed E-state index contributed by atoms with van der Waals surface area (Å²) in [4.78, 5) is 26.1. The Hall–Kier alpha value is -1.90. The Labute approximate surface area is 114 Å². The molecule has 0 N–H and O–H groups in total. The highest BCUT2D eigenvalue weighted by Gasteiger charge is 2.48. The molecule has 0 aromatic carbocycles. The van der Waals surface area contributed by atoms with Gasteiger partial charge in [-0.05, 0) is 25.0 Å². The van der Waals surface area contributed by atoms with E-state index in [-0.39, 0.29) is 23.7 Å². The van der Waals surface area contributed by atoms with Gasteiger partial charge < -0.3 is 0 Å².